The van der Waals surface area contributed by atoms with E-state index in [-0.39, 0.29) is 18.3 Å². The number of hydrogen-bond donors (Lipinski definition) is 2. The smallest absolute Gasteiger partial charge is 0.240 e. The Balaban J connectivity index is 0.00000264. The number of aromatic nitrogens is 2. The van der Waals surface area contributed by atoms with Gasteiger partial charge in [-0.15, -0.1) is 12.4 Å². The molecular weight excluding hydrogens is 312 g/mol. The first-order chi connectivity index (χ1) is 10.5. The van der Waals surface area contributed by atoms with Gasteiger partial charge in [0.2, 0.25) is 5.91 Å². The molecule has 23 heavy (non-hydrogen) atoms. The van der Waals surface area contributed by atoms with Crippen LogP contribution in [0.15, 0.2) is 43.0 Å². The quantitative estimate of drug-likeness (QED) is 0.815. The summed E-state index contributed by atoms with van der Waals surface area (Å²) in [6.45, 7) is 5.03. The minimum absolute atomic E-state index is 0. The summed E-state index contributed by atoms with van der Waals surface area (Å²) in [6.07, 6.45) is 7.03. The zero-order valence-corrected chi connectivity index (χ0v) is 14.5. The summed E-state index contributed by atoms with van der Waals surface area (Å²) in [4.78, 5) is 16.3. The maximum atomic E-state index is 12.2. The Morgan fingerprint density at radius 3 is 2.65 bits per heavy atom. The predicted molar refractivity (Wildman–Crippen MR) is 94.4 cm³/mol. The van der Waals surface area contributed by atoms with Crippen LogP contribution < -0.4 is 11.1 Å². The first-order valence-electron chi connectivity index (χ1n) is 7.62. The molecule has 0 spiro atoms. The molecule has 0 aliphatic rings. The molecule has 0 saturated carbocycles. The highest BCUT2D eigenvalue weighted by atomic mass is 35.5. The van der Waals surface area contributed by atoms with Gasteiger partial charge in [0, 0.05) is 25.5 Å². The van der Waals surface area contributed by atoms with E-state index in [9.17, 15) is 4.79 Å². The van der Waals surface area contributed by atoms with Crippen LogP contribution in [0.3, 0.4) is 0 Å². The van der Waals surface area contributed by atoms with E-state index >= 15 is 0 Å². The molecule has 1 aromatic heterocycles. The lowest BCUT2D eigenvalue weighted by molar-refractivity contribution is -0.126. The van der Waals surface area contributed by atoms with Gasteiger partial charge in [0.1, 0.15) is 0 Å². The minimum atomic E-state index is -0.811. The highest BCUT2D eigenvalue weighted by Gasteiger charge is 2.26. The van der Waals surface area contributed by atoms with E-state index in [0.29, 0.717) is 13.0 Å². The van der Waals surface area contributed by atoms with Crippen molar-refractivity contribution in [3.63, 3.8) is 0 Å². The molecular formula is C17H25ClN4O. The van der Waals surface area contributed by atoms with E-state index in [4.69, 9.17) is 5.73 Å². The van der Waals surface area contributed by atoms with Gasteiger partial charge in [-0.25, -0.2) is 4.98 Å². The molecule has 0 aliphatic carbocycles. The summed E-state index contributed by atoms with van der Waals surface area (Å²) in [7, 11) is 0. The average molecular weight is 337 g/mol. The third kappa shape index (κ3) is 5.37. The van der Waals surface area contributed by atoms with Crippen LogP contribution >= 0.6 is 12.4 Å². The van der Waals surface area contributed by atoms with Gasteiger partial charge in [-0.2, -0.15) is 0 Å². The maximum absolute atomic E-state index is 12.2. The van der Waals surface area contributed by atoms with Crippen molar-refractivity contribution < 1.29 is 4.79 Å². The van der Waals surface area contributed by atoms with Crippen molar-refractivity contribution in [3.8, 4) is 0 Å². The van der Waals surface area contributed by atoms with Gasteiger partial charge >= 0.3 is 0 Å². The molecule has 0 bridgehead atoms. The van der Waals surface area contributed by atoms with Gasteiger partial charge in [0.15, 0.2) is 0 Å². The van der Waals surface area contributed by atoms with Crippen LogP contribution in [0.25, 0.3) is 0 Å². The fourth-order valence-electron chi connectivity index (χ4n) is 2.47. The van der Waals surface area contributed by atoms with E-state index < -0.39 is 5.54 Å². The van der Waals surface area contributed by atoms with Crippen LogP contribution in [-0.2, 0) is 17.9 Å². The third-order valence-electron chi connectivity index (χ3n) is 3.76. The van der Waals surface area contributed by atoms with Crippen molar-refractivity contribution >= 4 is 18.3 Å². The Bertz CT molecular complexity index is 611. The van der Waals surface area contributed by atoms with Gasteiger partial charge in [-0.05, 0) is 24.5 Å². The molecule has 2 aromatic rings. The van der Waals surface area contributed by atoms with E-state index in [1.165, 1.54) is 0 Å². The summed E-state index contributed by atoms with van der Waals surface area (Å²) in [5.74, 6) is -0.105. The monoisotopic (exact) mass is 336 g/mol. The molecule has 3 N–H and O–H groups in total. The number of carbonyl (C=O) groups is 1. The summed E-state index contributed by atoms with van der Waals surface area (Å²) in [5.41, 5.74) is 7.50. The summed E-state index contributed by atoms with van der Waals surface area (Å²) < 4.78 is 2.00. The third-order valence-corrected chi connectivity index (χ3v) is 3.76. The first kappa shape index (κ1) is 19.2. The van der Waals surface area contributed by atoms with Gasteiger partial charge in [-0.3, -0.25) is 4.79 Å². The lowest BCUT2D eigenvalue weighted by Crippen LogP contribution is -2.51. The number of halogens is 1. The van der Waals surface area contributed by atoms with Crippen LogP contribution in [-0.4, -0.2) is 21.0 Å². The largest absolute Gasteiger partial charge is 0.350 e. The fourth-order valence-corrected chi connectivity index (χ4v) is 2.47. The van der Waals surface area contributed by atoms with Crippen LogP contribution in [0.2, 0.25) is 0 Å². The number of hydrogen-bond acceptors (Lipinski definition) is 3. The maximum Gasteiger partial charge on any atom is 0.240 e. The van der Waals surface area contributed by atoms with Crippen molar-refractivity contribution in [2.75, 3.05) is 0 Å². The van der Waals surface area contributed by atoms with Crippen molar-refractivity contribution in [1.29, 1.82) is 0 Å². The molecule has 5 nitrogen and oxygen atoms in total. The van der Waals surface area contributed by atoms with Crippen LogP contribution in [0, 0.1) is 0 Å². The topological polar surface area (TPSA) is 72.9 Å². The Morgan fingerprint density at radius 2 is 2.04 bits per heavy atom. The molecule has 1 atom stereocenters. The average Bonchev–Trinajstić information content (AvgIpc) is 2.99. The zero-order chi connectivity index (χ0) is 16.0. The number of amides is 1. The second kappa shape index (κ2) is 8.70. The molecule has 1 unspecified atom stereocenters. The van der Waals surface area contributed by atoms with Crippen molar-refractivity contribution in [2.45, 2.75) is 45.3 Å². The number of carbonyl (C=O) groups excluding carboxylic acids is 1. The van der Waals surface area contributed by atoms with Crippen LogP contribution in [0.5, 0.6) is 0 Å². The summed E-state index contributed by atoms with van der Waals surface area (Å²) in [5, 5.41) is 2.96. The fraction of sp³-hybridized carbons (Fsp3) is 0.412. The summed E-state index contributed by atoms with van der Waals surface area (Å²) >= 11 is 0. The number of imidazole rings is 1. The van der Waals surface area contributed by atoms with E-state index in [0.717, 1.165) is 24.1 Å². The molecule has 126 valence electrons. The second-order valence-electron chi connectivity index (χ2n) is 5.85. The molecule has 1 aromatic carbocycles. The predicted octanol–water partition coefficient (Wildman–Crippen LogP) is 2.49. The molecule has 6 heteroatoms. The summed E-state index contributed by atoms with van der Waals surface area (Å²) in [6, 6.07) is 8.07. The van der Waals surface area contributed by atoms with Gasteiger partial charge in [0.25, 0.3) is 0 Å². The SMILES string of the molecule is CCCC(C)(N)C(=O)NCc1ccccc1Cn1ccnc1.Cl. The van der Waals surface area contributed by atoms with Gasteiger partial charge in [-0.1, -0.05) is 37.6 Å². The molecule has 0 saturated heterocycles. The minimum Gasteiger partial charge on any atom is -0.350 e. The lowest BCUT2D eigenvalue weighted by Gasteiger charge is -2.23. The molecule has 0 aliphatic heterocycles. The van der Waals surface area contributed by atoms with Crippen molar-refractivity contribution in [1.82, 2.24) is 14.9 Å². The van der Waals surface area contributed by atoms with Crippen LogP contribution in [0.4, 0.5) is 0 Å². The number of nitrogens with two attached hydrogens (primary N) is 1. The van der Waals surface area contributed by atoms with E-state index in [2.05, 4.69) is 16.4 Å². The standard InChI is InChI=1S/C17H24N4O.ClH/c1-3-8-17(2,18)16(22)20-11-14-6-4-5-7-15(14)12-21-10-9-19-13-21;/h4-7,9-10,13H,3,8,11-12,18H2,1-2H3,(H,20,22);1H. The molecule has 0 radical (unpaired) electrons. The zero-order valence-electron chi connectivity index (χ0n) is 13.7. The Hall–Kier alpha value is -1.85. The van der Waals surface area contributed by atoms with Gasteiger partial charge in [0.05, 0.1) is 11.9 Å². The molecule has 0 fully saturated rings. The van der Waals surface area contributed by atoms with Crippen molar-refractivity contribution in [2.24, 2.45) is 5.73 Å². The molecule has 2 rings (SSSR count). The Morgan fingerprint density at radius 1 is 1.35 bits per heavy atom. The second-order valence-corrected chi connectivity index (χ2v) is 5.85. The number of rotatable bonds is 7. The first-order valence-corrected chi connectivity index (χ1v) is 7.62. The van der Waals surface area contributed by atoms with Crippen molar-refractivity contribution in [3.05, 3.63) is 54.1 Å². The number of nitrogens with zero attached hydrogens (tertiary/aromatic N) is 2. The molecule has 1 heterocycles. The van der Waals surface area contributed by atoms with E-state index in [1.807, 2.05) is 35.9 Å². The Labute approximate surface area is 143 Å². The van der Waals surface area contributed by atoms with Gasteiger partial charge < -0.3 is 15.6 Å². The van der Waals surface area contributed by atoms with Crippen LogP contribution in [0.1, 0.15) is 37.8 Å². The Kier molecular flexibility index (Phi) is 7.26. The number of benzene rings is 1. The highest BCUT2D eigenvalue weighted by Crippen LogP contribution is 2.12. The van der Waals surface area contributed by atoms with E-state index in [1.54, 1.807) is 19.4 Å². The lowest BCUT2D eigenvalue weighted by atomic mass is 9.96. The molecule has 1 amide bonds. The number of nitrogens with one attached hydrogen (secondary N) is 1. The highest BCUT2D eigenvalue weighted by molar-refractivity contribution is 5.85. The normalized spacial score (nSPS) is 13.0.